The minimum absolute atomic E-state index is 0.139. The number of ether oxygens (including phenoxy) is 1. The van der Waals surface area contributed by atoms with Gasteiger partial charge < -0.3 is 14.2 Å². The molecule has 0 bridgehead atoms. The predicted molar refractivity (Wildman–Crippen MR) is 111 cm³/mol. The van der Waals surface area contributed by atoms with Crippen molar-refractivity contribution in [2.24, 2.45) is 5.92 Å². The molecule has 0 spiro atoms. The molecular formula is C21H29N3O2S. The first-order valence-corrected chi connectivity index (χ1v) is 10.5. The minimum atomic E-state index is 0.139. The number of methoxy groups -OCH3 is 1. The maximum Gasteiger partial charge on any atom is 0.237 e. The summed E-state index contributed by atoms with van der Waals surface area (Å²) < 4.78 is 7.56. The van der Waals surface area contributed by atoms with Gasteiger partial charge in [-0.05, 0) is 56.4 Å². The van der Waals surface area contributed by atoms with Gasteiger partial charge in [0.15, 0.2) is 5.16 Å². The second-order valence-corrected chi connectivity index (χ2v) is 8.44. The van der Waals surface area contributed by atoms with Crippen LogP contribution in [0.2, 0.25) is 0 Å². The molecule has 0 unspecified atom stereocenters. The fourth-order valence-electron chi connectivity index (χ4n) is 3.48. The highest BCUT2D eigenvalue weighted by Gasteiger charge is 2.24. The zero-order chi connectivity index (χ0) is 19.6. The molecule has 1 aromatic carbocycles. The summed E-state index contributed by atoms with van der Waals surface area (Å²) in [5.41, 5.74) is 4.44. The Morgan fingerprint density at radius 3 is 2.81 bits per heavy atom. The number of nitrogens with zero attached hydrogens (tertiary/aromatic N) is 3. The van der Waals surface area contributed by atoms with Gasteiger partial charge in [-0.2, -0.15) is 0 Å². The Balaban J connectivity index is 1.74. The average molecular weight is 388 g/mol. The molecular weight excluding hydrogens is 358 g/mol. The molecule has 6 heteroatoms. The van der Waals surface area contributed by atoms with Gasteiger partial charge in [0.1, 0.15) is 5.75 Å². The molecule has 5 nitrogen and oxygen atoms in total. The third-order valence-corrected chi connectivity index (χ3v) is 5.96. The molecule has 1 aromatic heterocycles. The van der Waals surface area contributed by atoms with Crippen molar-refractivity contribution < 1.29 is 9.53 Å². The van der Waals surface area contributed by atoms with E-state index in [-0.39, 0.29) is 5.91 Å². The van der Waals surface area contributed by atoms with Gasteiger partial charge in [0.2, 0.25) is 5.91 Å². The molecule has 2 heterocycles. The highest BCUT2D eigenvalue weighted by Crippen LogP contribution is 2.31. The van der Waals surface area contributed by atoms with Crippen molar-refractivity contribution in [2.45, 2.75) is 52.2 Å². The van der Waals surface area contributed by atoms with E-state index in [0.717, 1.165) is 48.2 Å². The lowest BCUT2D eigenvalue weighted by molar-refractivity contribution is -0.116. The fourth-order valence-corrected chi connectivity index (χ4v) is 4.45. The van der Waals surface area contributed by atoms with Crippen molar-refractivity contribution in [1.82, 2.24) is 9.55 Å². The number of aryl methyl sites for hydroxylation is 2. The van der Waals surface area contributed by atoms with E-state index in [1.807, 2.05) is 30.0 Å². The van der Waals surface area contributed by atoms with E-state index in [4.69, 9.17) is 4.74 Å². The molecule has 1 aliphatic rings. The lowest BCUT2D eigenvalue weighted by Gasteiger charge is -2.29. The van der Waals surface area contributed by atoms with Crippen molar-refractivity contribution in [3.05, 3.63) is 35.2 Å². The molecule has 0 atom stereocenters. The third kappa shape index (κ3) is 4.32. The number of rotatable bonds is 6. The SMILES string of the molecule is COc1ccc2c(c1)CCCN2C(=O)CSc1nc(C)c(C)n1CC(C)C. The third-order valence-electron chi connectivity index (χ3n) is 5.00. The Morgan fingerprint density at radius 1 is 1.33 bits per heavy atom. The van der Waals surface area contributed by atoms with E-state index in [0.29, 0.717) is 11.7 Å². The van der Waals surface area contributed by atoms with E-state index in [1.165, 1.54) is 11.3 Å². The van der Waals surface area contributed by atoms with E-state index in [9.17, 15) is 4.79 Å². The highest BCUT2D eigenvalue weighted by atomic mass is 32.2. The number of aromatic nitrogens is 2. The van der Waals surface area contributed by atoms with Crippen LogP contribution < -0.4 is 9.64 Å². The summed E-state index contributed by atoms with van der Waals surface area (Å²) in [6.07, 6.45) is 1.97. The zero-order valence-corrected chi connectivity index (χ0v) is 17.7. The Labute approximate surface area is 166 Å². The van der Waals surface area contributed by atoms with E-state index in [2.05, 4.69) is 30.3 Å². The van der Waals surface area contributed by atoms with Crippen LogP contribution in [-0.2, 0) is 17.8 Å². The lowest BCUT2D eigenvalue weighted by Crippen LogP contribution is -2.36. The maximum absolute atomic E-state index is 13.0. The van der Waals surface area contributed by atoms with Crippen molar-refractivity contribution in [1.29, 1.82) is 0 Å². The van der Waals surface area contributed by atoms with Crippen LogP contribution in [0.1, 0.15) is 37.2 Å². The first-order valence-electron chi connectivity index (χ1n) is 9.54. The molecule has 1 aliphatic heterocycles. The molecule has 0 aliphatic carbocycles. The Hall–Kier alpha value is -1.95. The topological polar surface area (TPSA) is 47.4 Å². The zero-order valence-electron chi connectivity index (χ0n) is 16.9. The second-order valence-electron chi connectivity index (χ2n) is 7.50. The summed E-state index contributed by atoms with van der Waals surface area (Å²) in [4.78, 5) is 19.6. The van der Waals surface area contributed by atoms with Crippen LogP contribution in [0.25, 0.3) is 0 Å². The summed E-state index contributed by atoms with van der Waals surface area (Å²) >= 11 is 1.54. The fraction of sp³-hybridized carbons (Fsp3) is 0.524. The minimum Gasteiger partial charge on any atom is -0.497 e. The molecule has 0 saturated heterocycles. The van der Waals surface area contributed by atoms with Crippen LogP contribution in [-0.4, -0.2) is 34.9 Å². The number of fused-ring (bicyclic) bond motifs is 1. The average Bonchev–Trinajstić information content (AvgIpc) is 2.92. The highest BCUT2D eigenvalue weighted by molar-refractivity contribution is 7.99. The quantitative estimate of drug-likeness (QED) is 0.696. The molecule has 0 N–H and O–H groups in total. The number of amides is 1. The van der Waals surface area contributed by atoms with Crippen LogP contribution in [0.15, 0.2) is 23.4 Å². The number of benzene rings is 1. The van der Waals surface area contributed by atoms with Crippen LogP contribution in [0, 0.1) is 19.8 Å². The van der Waals surface area contributed by atoms with E-state index >= 15 is 0 Å². The number of hydrogen-bond donors (Lipinski definition) is 0. The van der Waals surface area contributed by atoms with Gasteiger partial charge in [-0.15, -0.1) is 0 Å². The molecule has 0 radical (unpaired) electrons. The smallest absolute Gasteiger partial charge is 0.237 e. The van der Waals surface area contributed by atoms with E-state index in [1.54, 1.807) is 18.9 Å². The summed E-state index contributed by atoms with van der Waals surface area (Å²) in [6.45, 7) is 10.2. The predicted octanol–water partition coefficient (Wildman–Crippen LogP) is 4.24. The number of carbonyl (C=O) groups excluding carboxylic acids is 1. The van der Waals surface area contributed by atoms with Gasteiger partial charge in [0.25, 0.3) is 0 Å². The van der Waals surface area contributed by atoms with Crippen LogP contribution >= 0.6 is 11.8 Å². The number of imidazole rings is 1. The van der Waals surface area contributed by atoms with E-state index < -0.39 is 0 Å². The van der Waals surface area contributed by atoms with Crippen molar-refractivity contribution in [3.63, 3.8) is 0 Å². The van der Waals surface area contributed by atoms with Crippen molar-refractivity contribution >= 4 is 23.4 Å². The monoisotopic (exact) mass is 387 g/mol. The number of anilines is 1. The molecule has 2 aromatic rings. The first kappa shape index (κ1) is 19.8. The standard InChI is InChI=1S/C21H29N3O2S/c1-14(2)12-24-16(4)15(3)22-21(24)27-13-20(25)23-10-6-7-17-11-18(26-5)8-9-19(17)23/h8-9,11,14H,6-7,10,12-13H2,1-5H3. The Bertz CT molecular complexity index is 829. The molecule has 146 valence electrons. The van der Waals surface area contributed by atoms with Crippen molar-refractivity contribution in [2.75, 3.05) is 24.3 Å². The van der Waals surface area contributed by atoms with Gasteiger partial charge >= 0.3 is 0 Å². The molecule has 0 fully saturated rings. The molecule has 0 saturated carbocycles. The lowest BCUT2D eigenvalue weighted by atomic mass is 10.0. The normalized spacial score (nSPS) is 13.8. The summed E-state index contributed by atoms with van der Waals surface area (Å²) in [7, 11) is 1.67. The maximum atomic E-state index is 13.0. The van der Waals surface area contributed by atoms with Crippen LogP contribution in [0.4, 0.5) is 5.69 Å². The van der Waals surface area contributed by atoms with Gasteiger partial charge in [-0.3, -0.25) is 4.79 Å². The van der Waals surface area contributed by atoms with Gasteiger partial charge in [-0.1, -0.05) is 25.6 Å². The Kier molecular flexibility index (Phi) is 6.15. The first-order chi connectivity index (χ1) is 12.9. The Morgan fingerprint density at radius 2 is 2.11 bits per heavy atom. The summed E-state index contributed by atoms with van der Waals surface area (Å²) in [5, 5.41) is 0.944. The summed E-state index contributed by atoms with van der Waals surface area (Å²) in [5.74, 6) is 1.93. The number of carbonyl (C=O) groups is 1. The number of hydrogen-bond acceptors (Lipinski definition) is 4. The molecule has 1 amide bonds. The van der Waals surface area contributed by atoms with Crippen molar-refractivity contribution in [3.8, 4) is 5.75 Å². The second kappa shape index (κ2) is 8.38. The molecule has 27 heavy (non-hydrogen) atoms. The largest absolute Gasteiger partial charge is 0.497 e. The van der Waals surface area contributed by atoms with Gasteiger partial charge in [-0.25, -0.2) is 4.98 Å². The number of thioether (sulfide) groups is 1. The van der Waals surface area contributed by atoms with Crippen LogP contribution in [0.3, 0.4) is 0 Å². The molecule has 3 rings (SSSR count). The van der Waals surface area contributed by atoms with Gasteiger partial charge in [0, 0.05) is 24.5 Å². The van der Waals surface area contributed by atoms with Crippen LogP contribution in [0.5, 0.6) is 5.75 Å². The summed E-state index contributed by atoms with van der Waals surface area (Å²) in [6, 6.07) is 5.98. The van der Waals surface area contributed by atoms with Gasteiger partial charge in [0.05, 0.1) is 18.6 Å².